The van der Waals surface area contributed by atoms with E-state index in [1.165, 1.54) is 0 Å². The van der Waals surface area contributed by atoms with Crippen molar-refractivity contribution in [2.24, 2.45) is 5.73 Å². The first-order valence-corrected chi connectivity index (χ1v) is 3.15. The molecule has 8 heavy (non-hydrogen) atoms. The number of nitrogens with two attached hydrogens (primary N) is 1. The van der Waals surface area contributed by atoms with Crippen LogP contribution in [0.1, 0.15) is 0 Å². The summed E-state index contributed by atoms with van der Waals surface area (Å²) in [7, 11) is -2.24. The van der Waals surface area contributed by atoms with Gasteiger partial charge in [-0.2, -0.15) is 8.42 Å². The van der Waals surface area contributed by atoms with Gasteiger partial charge in [0.05, 0.1) is 0 Å². The maximum Gasteiger partial charge on any atom is 0.230 e. The minimum Gasteiger partial charge on any atom is -0.376 e. The third kappa shape index (κ3) is 5.38. The second kappa shape index (κ2) is 3.39. The van der Waals surface area contributed by atoms with Crippen LogP contribution in [-0.4, -0.2) is 19.0 Å². The monoisotopic (exact) mass is 152 g/mol. The van der Waals surface area contributed by atoms with Crippen LogP contribution in [0.3, 0.4) is 0 Å². The smallest absolute Gasteiger partial charge is 0.230 e. The van der Waals surface area contributed by atoms with Crippen LogP contribution in [0.4, 0.5) is 0 Å². The Balaban J connectivity index is 3.81. The zero-order valence-corrected chi connectivity index (χ0v) is 5.42. The van der Waals surface area contributed by atoms with Crippen LogP contribution in [0.5, 0.6) is 0 Å². The summed E-state index contributed by atoms with van der Waals surface area (Å²) < 4.78 is 19.3. The van der Waals surface area contributed by atoms with Crippen molar-refractivity contribution in [2.75, 3.05) is 0 Å². The van der Waals surface area contributed by atoms with Crippen molar-refractivity contribution in [1.29, 1.82) is 0 Å². The van der Waals surface area contributed by atoms with E-state index >= 15 is 0 Å². The van der Waals surface area contributed by atoms with Crippen LogP contribution in [0, 0.1) is 0 Å². The second-order valence-corrected chi connectivity index (χ2v) is 2.08. The van der Waals surface area contributed by atoms with Gasteiger partial charge < -0.3 is 11.1 Å². The molecule has 0 aromatic carbocycles. The molecule has 0 saturated carbocycles. The van der Waals surface area contributed by atoms with Gasteiger partial charge in [0.25, 0.3) is 0 Å². The molecule has 4 nitrogen and oxygen atoms in total. The molecule has 0 bridgehead atoms. The largest absolute Gasteiger partial charge is 0.376 e. The van der Waals surface area contributed by atoms with Gasteiger partial charge >= 0.3 is 0 Å². The van der Waals surface area contributed by atoms with Crippen molar-refractivity contribution in [1.82, 2.24) is 5.32 Å². The molecule has 0 aromatic heterocycles. The number of hydrogen-bond donors (Lipinski definition) is 2. The fourth-order valence-corrected chi connectivity index (χ4v) is 0.463. The zero-order valence-electron chi connectivity index (χ0n) is 3.79. The van der Waals surface area contributed by atoms with Crippen molar-refractivity contribution in [3.8, 4) is 0 Å². The Hall–Kier alpha value is -0.620. The van der Waals surface area contributed by atoms with E-state index in [1.54, 1.807) is 0 Å². The van der Waals surface area contributed by atoms with E-state index in [0.29, 0.717) is 0 Å². The molecule has 0 aliphatic rings. The molecule has 0 saturated heterocycles. The van der Waals surface area contributed by atoms with E-state index in [1.807, 2.05) is 0 Å². The molecular formula is C2H4N2O2S2. The fraction of sp³-hybridized carbons (Fsp3) is 0. The summed E-state index contributed by atoms with van der Waals surface area (Å²) in [5.41, 5.74) is 5.62. The van der Waals surface area contributed by atoms with E-state index in [9.17, 15) is 8.42 Å². The Morgan fingerprint density at radius 2 is 2.25 bits per heavy atom. The number of nitrogens with one attached hydrogen (secondary N) is 1. The molecule has 6 heteroatoms. The van der Waals surface area contributed by atoms with Crippen LogP contribution in [0.15, 0.2) is 0 Å². The summed E-state index contributed by atoms with van der Waals surface area (Å²) >= 11 is 4.28. The molecule has 0 atom stereocenters. The highest BCUT2D eigenvalue weighted by atomic mass is 32.2. The molecule has 0 rings (SSSR count). The molecule has 0 aromatic rings. The molecular weight excluding hydrogens is 148 g/mol. The van der Waals surface area contributed by atoms with Gasteiger partial charge in [-0.3, -0.25) is 0 Å². The minimum atomic E-state index is -2.24. The van der Waals surface area contributed by atoms with Gasteiger partial charge in [-0.15, -0.1) is 0 Å². The molecule has 3 N–H and O–H groups in total. The number of thiocarbonyl (C=S) groups is 1. The van der Waals surface area contributed by atoms with E-state index in [0.717, 1.165) is 5.49 Å². The second-order valence-electron chi connectivity index (χ2n) is 0.887. The van der Waals surface area contributed by atoms with E-state index in [-0.39, 0.29) is 5.11 Å². The number of rotatable bonds is 1. The van der Waals surface area contributed by atoms with E-state index < -0.39 is 10.3 Å². The molecule has 0 amide bonds. The van der Waals surface area contributed by atoms with Crippen molar-refractivity contribution in [3.05, 3.63) is 0 Å². The molecule has 0 spiro atoms. The average molecular weight is 152 g/mol. The van der Waals surface area contributed by atoms with Gasteiger partial charge in [0.2, 0.25) is 10.3 Å². The van der Waals surface area contributed by atoms with Gasteiger partial charge in [-0.05, 0) is 12.2 Å². The van der Waals surface area contributed by atoms with Crippen molar-refractivity contribution in [2.45, 2.75) is 0 Å². The summed E-state index contributed by atoms with van der Waals surface area (Å²) in [4.78, 5) is 0. The van der Waals surface area contributed by atoms with E-state index in [4.69, 9.17) is 5.73 Å². The first kappa shape index (κ1) is 7.38. The van der Waals surface area contributed by atoms with Gasteiger partial charge in [0, 0.05) is 0 Å². The van der Waals surface area contributed by atoms with Crippen LogP contribution in [-0.2, 0) is 10.3 Å². The normalized spacial score (nSPS) is 7.50. The van der Waals surface area contributed by atoms with Crippen molar-refractivity contribution < 1.29 is 8.42 Å². The van der Waals surface area contributed by atoms with Crippen molar-refractivity contribution >= 4 is 33.1 Å². The first-order valence-electron chi connectivity index (χ1n) is 1.60. The highest BCUT2D eigenvalue weighted by Crippen LogP contribution is 1.47. The Bertz CT molecular complexity index is 196. The maximum atomic E-state index is 9.67. The predicted molar refractivity (Wildman–Crippen MR) is 34.9 cm³/mol. The summed E-state index contributed by atoms with van der Waals surface area (Å²) in [6.07, 6.45) is 0. The van der Waals surface area contributed by atoms with E-state index in [2.05, 4.69) is 17.5 Å². The third-order valence-corrected chi connectivity index (χ3v) is 0.726. The Kier molecular flexibility index (Phi) is 3.13. The molecule has 0 aliphatic heterocycles. The van der Waals surface area contributed by atoms with Crippen molar-refractivity contribution in [3.63, 3.8) is 0 Å². The Labute approximate surface area is 53.2 Å². The minimum absolute atomic E-state index is 0.0609. The first-order chi connectivity index (χ1) is 3.63. The van der Waals surface area contributed by atoms with Crippen LogP contribution in [0.25, 0.3) is 0 Å². The molecule has 0 heterocycles. The Morgan fingerprint density at radius 3 is 2.38 bits per heavy atom. The van der Waals surface area contributed by atoms with Crippen LogP contribution in [0.2, 0.25) is 0 Å². The lowest BCUT2D eigenvalue weighted by atomic mass is 11.1. The number of hydrogen-bond acceptors (Lipinski definition) is 3. The lowest BCUT2D eigenvalue weighted by Crippen LogP contribution is -2.27. The lowest BCUT2D eigenvalue weighted by Gasteiger charge is -1.86. The summed E-state index contributed by atoms with van der Waals surface area (Å²) in [6, 6.07) is 0. The van der Waals surface area contributed by atoms with Gasteiger partial charge in [0.1, 0.15) is 5.49 Å². The predicted octanol–water partition coefficient (Wildman–Crippen LogP) is -1.54. The highest BCUT2D eigenvalue weighted by molar-refractivity contribution is 7.80. The SMILES string of the molecule is NC(=S)NC=S(=O)=O. The van der Waals surface area contributed by atoms with Gasteiger partial charge in [0.15, 0.2) is 5.11 Å². The van der Waals surface area contributed by atoms with Crippen LogP contribution >= 0.6 is 12.2 Å². The highest BCUT2D eigenvalue weighted by Gasteiger charge is 1.76. The quantitative estimate of drug-likeness (QED) is 0.445. The lowest BCUT2D eigenvalue weighted by molar-refractivity contribution is 0.627. The molecule has 0 radical (unpaired) electrons. The molecule has 0 unspecified atom stereocenters. The summed E-state index contributed by atoms with van der Waals surface area (Å²) in [6.45, 7) is 0. The van der Waals surface area contributed by atoms with Crippen LogP contribution < -0.4 is 11.1 Å². The molecule has 46 valence electrons. The summed E-state index contributed by atoms with van der Waals surface area (Å²) in [5, 5.41) is 2.06. The van der Waals surface area contributed by atoms with Gasteiger partial charge in [-0.25, -0.2) is 0 Å². The molecule has 0 fully saturated rings. The third-order valence-electron chi connectivity index (χ3n) is 0.297. The topological polar surface area (TPSA) is 72.2 Å². The average Bonchev–Trinajstić information content (AvgIpc) is 1.61. The Morgan fingerprint density at radius 1 is 1.75 bits per heavy atom. The maximum absolute atomic E-state index is 9.67. The fourth-order valence-electron chi connectivity index (χ4n) is 0.106. The summed E-state index contributed by atoms with van der Waals surface area (Å²) in [5.74, 6) is 0. The molecule has 0 aliphatic carbocycles. The standard InChI is InChI=1S/C2H4N2O2S2/c3-2(7)4-1-8(5)6/h1H,(H3,3,4,7). The zero-order chi connectivity index (χ0) is 6.57. The van der Waals surface area contributed by atoms with Gasteiger partial charge in [-0.1, -0.05) is 0 Å².